The summed E-state index contributed by atoms with van der Waals surface area (Å²) in [5.41, 5.74) is 7.00. The first-order chi connectivity index (χ1) is 8.61. The fourth-order valence-electron chi connectivity index (χ4n) is 1.76. The van der Waals surface area contributed by atoms with Crippen LogP contribution in [0.1, 0.15) is 19.4 Å². The van der Waals surface area contributed by atoms with Crippen LogP contribution in [0.3, 0.4) is 0 Å². The lowest BCUT2D eigenvalue weighted by molar-refractivity contribution is 0.462. The van der Waals surface area contributed by atoms with E-state index in [1.54, 1.807) is 17.4 Å². The van der Waals surface area contributed by atoms with Gasteiger partial charge in [0.2, 0.25) is 0 Å². The van der Waals surface area contributed by atoms with Crippen LogP contribution in [0.5, 0.6) is 0 Å². The number of hydrogen-bond acceptors (Lipinski definition) is 4. The molecule has 0 aliphatic carbocycles. The molecular weight excluding hydrogens is 246 g/mol. The van der Waals surface area contributed by atoms with E-state index in [1.165, 1.54) is 4.68 Å². The molecule has 2 aromatic rings. The Labute approximate surface area is 110 Å². The molecule has 18 heavy (non-hydrogen) atoms. The molecule has 0 atom stereocenters. The summed E-state index contributed by atoms with van der Waals surface area (Å²) >= 11 is 1.61. The third-order valence-electron chi connectivity index (χ3n) is 2.58. The zero-order chi connectivity index (χ0) is 13.1. The topological polar surface area (TPSA) is 60.9 Å². The van der Waals surface area contributed by atoms with E-state index >= 15 is 0 Å². The molecule has 4 nitrogen and oxygen atoms in total. The quantitative estimate of drug-likeness (QED) is 0.918. The largest absolute Gasteiger partial charge is 0.326 e. The van der Waals surface area contributed by atoms with Crippen molar-refractivity contribution in [3.05, 3.63) is 39.5 Å². The summed E-state index contributed by atoms with van der Waals surface area (Å²) in [7, 11) is 0. The lowest BCUT2D eigenvalue weighted by Crippen LogP contribution is -2.29. The second-order valence-corrected chi connectivity index (χ2v) is 5.57. The van der Waals surface area contributed by atoms with E-state index in [9.17, 15) is 4.79 Å². The second kappa shape index (κ2) is 5.46. The van der Waals surface area contributed by atoms with Gasteiger partial charge < -0.3 is 5.73 Å². The van der Waals surface area contributed by atoms with Crippen molar-refractivity contribution in [3.8, 4) is 10.6 Å². The molecule has 2 N–H and O–H groups in total. The number of nitrogens with zero attached hydrogens (tertiary/aromatic N) is 2. The molecule has 2 heterocycles. The van der Waals surface area contributed by atoms with Gasteiger partial charge in [-0.25, -0.2) is 4.68 Å². The minimum Gasteiger partial charge on any atom is -0.326 e. The first-order valence-corrected chi connectivity index (χ1v) is 6.84. The van der Waals surface area contributed by atoms with Gasteiger partial charge in [0.05, 0.1) is 4.88 Å². The van der Waals surface area contributed by atoms with Crippen LogP contribution in [0.2, 0.25) is 0 Å². The summed E-state index contributed by atoms with van der Waals surface area (Å²) < 4.78 is 1.53. The molecule has 0 aliphatic rings. The van der Waals surface area contributed by atoms with E-state index in [2.05, 4.69) is 18.9 Å². The number of rotatable bonds is 4. The Balaban J connectivity index is 2.53. The average Bonchev–Trinajstić information content (AvgIpc) is 2.84. The molecular formula is C13H17N3OS. The smallest absolute Gasteiger partial charge is 0.271 e. The zero-order valence-corrected chi connectivity index (χ0v) is 11.4. The Bertz CT molecular complexity index is 572. The highest BCUT2D eigenvalue weighted by Gasteiger charge is 2.10. The van der Waals surface area contributed by atoms with Crippen LogP contribution in [0, 0.1) is 5.92 Å². The number of aromatic nitrogens is 2. The Morgan fingerprint density at radius 2 is 2.28 bits per heavy atom. The molecule has 0 amide bonds. The Hall–Kier alpha value is -1.46. The summed E-state index contributed by atoms with van der Waals surface area (Å²) in [5, 5.41) is 6.42. The van der Waals surface area contributed by atoms with Crippen LogP contribution < -0.4 is 11.3 Å². The van der Waals surface area contributed by atoms with E-state index in [1.807, 2.05) is 17.5 Å². The molecule has 5 heteroatoms. The molecule has 2 rings (SSSR count). The van der Waals surface area contributed by atoms with Gasteiger partial charge in [0, 0.05) is 18.7 Å². The Kier molecular flexibility index (Phi) is 3.93. The van der Waals surface area contributed by atoms with Crippen LogP contribution in [-0.2, 0) is 13.1 Å². The monoisotopic (exact) mass is 263 g/mol. The highest BCUT2D eigenvalue weighted by molar-refractivity contribution is 7.13. The van der Waals surface area contributed by atoms with E-state index in [0.29, 0.717) is 18.0 Å². The number of nitrogens with two attached hydrogens (primary N) is 1. The third kappa shape index (κ3) is 2.68. The highest BCUT2D eigenvalue weighted by Crippen LogP contribution is 2.22. The van der Waals surface area contributed by atoms with Gasteiger partial charge in [-0.05, 0) is 23.4 Å². The first-order valence-electron chi connectivity index (χ1n) is 5.96. The van der Waals surface area contributed by atoms with Gasteiger partial charge in [0.25, 0.3) is 5.56 Å². The van der Waals surface area contributed by atoms with Gasteiger partial charge in [0.1, 0.15) is 5.69 Å². The van der Waals surface area contributed by atoms with Crippen molar-refractivity contribution >= 4 is 11.3 Å². The lowest BCUT2D eigenvalue weighted by atomic mass is 10.2. The maximum absolute atomic E-state index is 12.1. The van der Waals surface area contributed by atoms with E-state index < -0.39 is 0 Å². The number of thiophene rings is 1. The molecule has 0 aromatic carbocycles. The van der Waals surface area contributed by atoms with E-state index in [4.69, 9.17) is 5.73 Å². The van der Waals surface area contributed by atoms with Gasteiger partial charge in [-0.1, -0.05) is 19.9 Å². The molecule has 0 unspecified atom stereocenters. The summed E-state index contributed by atoms with van der Waals surface area (Å²) in [4.78, 5) is 13.1. The van der Waals surface area contributed by atoms with Crippen molar-refractivity contribution < 1.29 is 0 Å². The van der Waals surface area contributed by atoms with Crippen LogP contribution in [0.15, 0.2) is 28.4 Å². The van der Waals surface area contributed by atoms with Gasteiger partial charge in [-0.3, -0.25) is 4.79 Å². The SMILES string of the molecule is CC(C)Cn1nc(-c2cccs2)cc(CN)c1=O. The molecule has 0 aliphatic heterocycles. The third-order valence-corrected chi connectivity index (χ3v) is 3.47. The molecule has 0 bridgehead atoms. The predicted octanol–water partition coefficient (Wildman–Crippen LogP) is 2.09. The molecule has 0 spiro atoms. The minimum absolute atomic E-state index is 0.0773. The molecule has 0 radical (unpaired) electrons. The zero-order valence-electron chi connectivity index (χ0n) is 10.6. The standard InChI is InChI=1S/C13H17N3OS/c1-9(2)8-16-13(17)10(7-14)6-11(15-16)12-4-3-5-18-12/h3-6,9H,7-8,14H2,1-2H3. The van der Waals surface area contributed by atoms with Crippen LogP contribution >= 0.6 is 11.3 Å². The van der Waals surface area contributed by atoms with Gasteiger partial charge in [-0.2, -0.15) is 5.10 Å². The fourth-order valence-corrected chi connectivity index (χ4v) is 2.44. The van der Waals surface area contributed by atoms with Crippen LogP contribution in [0.25, 0.3) is 10.6 Å². The van der Waals surface area contributed by atoms with E-state index in [0.717, 1.165) is 10.6 Å². The van der Waals surface area contributed by atoms with Crippen LogP contribution in [-0.4, -0.2) is 9.78 Å². The van der Waals surface area contributed by atoms with Crippen LogP contribution in [0.4, 0.5) is 0 Å². The summed E-state index contributed by atoms with van der Waals surface area (Å²) in [6.07, 6.45) is 0. The summed E-state index contributed by atoms with van der Waals surface area (Å²) in [6.45, 7) is 4.99. The second-order valence-electron chi connectivity index (χ2n) is 4.62. The maximum atomic E-state index is 12.1. The predicted molar refractivity (Wildman–Crippen MR) is 74.5 cm³/mol. The maximum Gasteiger partial charge on any atom is 0.271 e. The Morgan fingerprint density at radius 3 is 2.83 bits per heavy atom. The number of hydrogen-bond donors (Lipinski definition) is 1. The lowest BCUT2D eigenvalue weighted by Gasteiger charge is -2.10. The van der Waals surface area contributed by atoms with Gasteiger partial charge in [0.15, 0.2) is 0 Å². The Morgan fingerprint density at radius 1 is 1.50 bits per heavy atom. The fraction of sp³-hybridized carbons (Fsp3) is 0.385. The van der Waals surface area contributed by atoms with Gasteiger partial charge in [-0.15, -0.1) is 11.3 Å². The molecule has 0 saturated heterocycles. The minimum atomic E-state index is -0.0773. The molecule has 0 fully saturated rings. The van der Waals surface area contributed by atoms with Crippen molar-refractivity contribution in [1.82, 2.24) is 9.78 Å². The average molecular weight is 263 g/mol. The van der Waals surface area contributed by atoms with Gasteiger partial charge >= 0.3 is 0 Å². The molecule has 2 aromatic heterocycles. The van der Waals surface area contributed by atoms with E-state index in [-0.39, 0.29) is 12.1 Å². The van der Waals surface area contributed by atoms with Crippen molar-refractivity contribution in [3.63, 3.8) is 0 Å². The molecule has 96 valence electrons. The van der Waals surface area contributed by atoms with Crippen molar-refractivity contribution in [2.75, 3.05) is 0 Å². The summed E-state index contributed by atoms with van der Waals surface area (Å²) in [5.74, 6) is 0.374. The first kappa shape index (κ1) is 13.0. The summed E-state index contributed by atoms with van der Waals surface area (Å²) in [6, 6.07) is 5.77. The van der Waals surface area contributed by atoms with Crippen molar-refractivity contribution in [2.45, 2.75) is 26.9 Å². The van der Waals surface area contributed by atoms with Crippen molar-refractivity contribution in [1.29, 1.82) is 0 Å². The normalized spacial score (nSPS) is 11.1. The van der Waals surface area contributed by atoms with Crippen molar-refractivity contribution in [2.24, 2.45) is 11.7 Å². The highest BCUT2D eigenvalue weighted by atomic mass is 32.1. The molecule has 0 saturated carbocycles.